The molecule has 1 aliphatic heterocycles. The summed E-state index contributed by atoms with van der Waals surface area (Å²) in [5.74, 6) is 0. The molecule has 2 aliphatic rings. The van der Waals surface area contributed by atoms with Crippen LogP contribution in [0.4, 0.5) is 0 Å². The van der Waals surface area contributed by atoms with Gasteiger partial charge in [-0.05, 0) is 25.7 Å². The summed E-state index contributed by atoms with van der Waals surface area (Å²) < 4.78 is 5.78. The van der Waals surface area contributed by atoms with E-state index in [-0.39, 0.29) is 0 Å². The third-order valence-corrected chi connectivity index (χ3v) is 5.37. The van der Waals surface area contributed by atoms with Crippen molar-refractivity contribution in [2.24, 2.45) is 5.73 Å². The summed E-state index contributed by atoms with van der Waals surface area (Å²) in [6.45, 7) is 2.66. The molecular weight excluding hydrogens is 194 g/mol. The maximum atomic E-state index is 5.94. The zero-order valence-electron chi connectivity index (χ0n) is 8.84. The van der Waals surface area contributed by atoms with Crippen LogP contribution in [0.25, 0.3) is 0 Å². The van der Waals surface area contributed by atoms with Gasteiger partial charge in [0.15, 0.2) is 0 Å². The Morgan fingerprint density at radius 3 is 2.43 bits per heavy atom. The van der Waals surface area contributed by atoms with Crippen LogP contribution in [0.5, 0.6) is 0 Å². The maximum Gasteiger partial charge on any atom is 0.0479 e. The molecule has 0 unspecified atom stereocenters. The first kappa shape index (κ1) is 10.8. The van der Waals surface area contributed by atoms with Crippen LogP contribution in [0.3, 0.4) is 0 Å². The molecular formula is C11H21NOS. The van der Waals surface area contributed by atoms with Gasteiger partial charge in [0.25, 0.3) is 0 Å². The SMILES string of the molecule is NCC1(SC2CCCC2)CCOCC1. The lowest BCUT2D eigenvalue weighted by atomic mass is 9.99. The highest BCUT2D eigenvalue weighted by Gasteiger charge is 2.35. The number of hydrogen-bond acceptors (Lipinski definition) is 3. The van der Waals surface area contributed by atoms with E-state index in [2.05, 4.69) is 11.8 Å². The standard InChI is InChI=1S/C11H21NOS/c12-9-11(5-7-13-8-6-11)14-10-3-1-2-4-10/h10H,1-9,12H2. The smallest absolute Gasteiger partial charge is 0.0479 e. The highest BCUT2D eigenvalue weighted by molar-refractivity contribution is 8.01. The summed E-state index contributed by atoms with van der Waals surface area (Å²) in [6.07, 6.45) is 7.99. The van der Waals surface area contributed by atoms with Gasteiger partial charge in [0.1, 0.15) is 0 Å². The van der Waals surface area contributed by atoms with Crippen molar-refractivity contribution in [1.82, 2.24) is 0 Å². The van der Waals surface area contributed by atoms with Gasteiger partial charge in [-0.2, -0.15) is 11.8 Å². The van der Waals surface area contributed by atoms with Crippen molar-refractivity contribution in [3.05, 3.63) is 0 Å². The van der Waals surface area contributed by atoms with E-state index in [1.54, 1.807) is 0 Å². The Kier molecular flexibility index (Phi) is 3.74. The molecule has 0 aromatic rings. The van der Waals surface area contributed by atoms with Gasteiger partial charge >= 0.3 is 0 Å². The molecule has 2 rings (SSSR count). The van der Waals surface area contributed by atoms with Crippen LogP contribution < -0.4 is 5.73 Å². The predicted octanol–water partition coefficient (Wildman–Crippen LogP) is 2.17. The minimum Gasteiger partial charge on any atom is -0.381 e. The Hall–Kier alpha value is 0.270. The van der Waals surface area contributed by atoms with Crippen molar-refractivity contribution in [2.45, 2.75) is 48.5 Å². The number of ether oxygens (including phenoxy) is 1. The van der Waals surface area contributed by atoms with E-state index in [0.29, 0.717) is 4.75 Å². The van der Waals surface area contributed by atoms with E-state index < -0.39 is 0 Å². The molecule has 0 aromatic carbocycles. The van der Waals surface area contributed by atoms with E-state index in [9.17, 15) is 0 Å². The van der Waals surface area contributed by atoms with Gasteiger partial charge in [-0.3, -0.25) is 0 Å². The quantitative estimate of drug-likeness (QED) is 0.783. The summed E-state index contributed by atoms with van der Waals surface area (Å²) in [5, 5.41) is 0.886. The molecule has 0 atom stereocenters. The molecule has 0 amide bonds. The molecule has 1 saturated heterocycles. The lowest BCUT2D eigenvalue weighted by Gasteiger charge is -2.37. The zero-order chi connectivity index (χ0) is 9.86. The first-order valence-electron chi connectivity index (χ1n) is 5.80. The van der Waals surface area contributed by atoms with E-state index in [1.807, 2.05) is 0 Å². The molecule has 82 valence electrons. The van der Waals surface area contributed by atoms with Gasteiger partial charge in [0, 0.05) is 29.8 Å². The van der Waals surface area contributed by atoms with Crippen LogP contribution in [0, 0.1) is 0 Å². The van der Waals surface area contributed by atoms with Gasteiger partial charge in [-0.15, -0.1) is 0 Å². The number of rotatable bonds is 3. The predicted molar refractivity (Wildman–Crippen MR) is 61.7 cm³/mol. The van der Waals surface area contributed by atoms with Crippen LogP contribution in [0.2, 0.25) is 0 Å². The molecule has 0 radical (unpaired) electrons. The average Bonchev–Trinajstić information content (AvgIpc) is 2.72. The van der Waals surface area contributed by atoms with E-state index in [1.165, 1.54) is 25.7 Å². The fraction of sp³-hybridized carbons (Fsp3) is 1.00. The molecule has 1 saturated carbocycles. The summed E-state index contributed by atoms with van der Waals surface area (Å²) in [7, 11) is 0. The van der Waals surface area contributed by atoms with Crippen molar-refractivity contribution < 1.29 is 4.74 Å². The number of nitrogens with two attached hydrogens (primary N) is 1. The number of hydrogen-bond donors (Lipinski definition) is 1. The zero-order valence-corrected chi connectivity index (χ0v) is 9.65. The average molecular weight is 215 g/mol. The van der Waals surface area contributed by atoms with Gasteiger partial charge in [0.2, 0.25) is 0 Å². The van der Waals surface area contributed by atoms with Crippen molar-refractivity contribution in [2.75, 3.05) is 19.8 Å². The summed E-state index contributed by atoms with van der Waals surface area (Å²) in [6, 6.07) is 0. The van der Waals surface area contributed by atoms with Crippen molar-refractivity contribution in [3.63, 3.8) is 0 Å². The Bertz CT molecular complexity index is 174. The molecule has 0 aromatic heterocycles. The molecule has 3 heteroatoms. The Balaban J connectivity index is 1.89. The molecule has 14 heavy (non-hydrogen) atoms. The van der Waals surface area contributed by atoms with Crippen molar-refractivity contribution >= 4 is 11.8 Å². The Morgan fingerprint density at radius 1 is 1.21 bits per heavy atom. The largest absolute Gasteiger partial charge is 0.381 e. The topological polar surface area (TPSA) is 35.2 Å². The minimum absolute atomic E-state index is 0.354. The van der Waals surface area contributed by atoms with Gasteiger partial charge in [0.05, 0.1) is 0 Å². The second-order valence-electron chi connectivity index (χ2n) is 4.52. The fourth-order valence-corrected chi connectivity index (χ4v) is 4.25. The summed E-state index contributed by atoms with van der Waals surface area (Å²) in [5.41, 5.74) is 5.94. The monoisotopic (exact) mass is 215 g/mol. The second kappa shape index (κ2) is 4.86. The summed E-state index contributed by atoms with van der Waals surface area (Å²) >= 11 is 2.17. The van der Waals surface area contributed by atoms with Crippen LogP contribution >= 0.6 is 11.8 Å². The molecule has 2 fully saturated rings. The van der Waals surface area contributed by atoms with Crippen LogP contribution in [0.1, 0.15) is 38.5 Å². The fourth-order valence-electron chi connectivity index (χ4n) is 2.47. The third kappa shape index (κ3) is 2.44. The van der Waals surface area contributed by atoms with Crippen LogP contribution in [-0.4, -0.2) is 29.8 Å². The normalized spacial score (nSPS) is 28.1. The van der Waals surface area contributed by atoms with Gasteiger partial charge < -0.3 is 10.5 Å². The molecule has 1 aliphatic carbocycles. The first-order valence-corrected chi connectivity index (χ1v) is 6.68. The minimum atomic E-state index is 0.354. The molecule has 0 bridgehead atoms. The van der Waals surface area contributed by atoms with Gasteiger partial charge in [-0.25, -0.2) is 0 Å². The van der Waals surface area contributed by atoms with Crippen LogP contribution in [-0.2, 0) is 4.74 Å². The van der Waals surface area contributed by atoms with Crippen molar-refractivity contribution in [3.8, 4) is 0 Å². The Labute approximate surface area is 91.0 Å². The molecule has 1 heterocycles. The highest BCUT2D eigenvalue weighted by atomic mass is 32.2. The van der Waals surface area contributed by atoms with E-state index in [4.69, 9.17) is 10.5 Å². The summed E-state index contributed by atoms with van der Waals surface area (Å²) in [4.78, 5) is 0. The Morgan fingerprint density at radius 2 is 1.86 bits per heavy atom. The maximum absolute atomic E-state index is 5.94. The van der Waals surface area contributed by atoms with E-state index in [0.717, 1.165) is 37.9 Å². The lowest BCUT2D eigenvalue weighted by molar-refractivity contribution is 0.0791. The number of thioether (sulfide) groups is 1. The van der Waals surface area contributed by atoms with Crippen molar-refractivity contribution in [1.29, 1.82) is 0 Å². The van der Waals surface area contributed by atoms with E-state index >= 15 is 0 Å². The van der Waals surface area contributed by atoms with Gasteiger partial charge in [-0.1, -0.05) is 12.8 Å². The second-order valence-corrected chi connectivity index (χ2v) is 6.29. The third-order valence-electron chi connectivity index (χ3n) is 3.49. The molecule has 2 nitrogen and oxygen atoms in total. The van der Waals surface area contributed by atoms with Crippen LogP contribution in [0.15, 0.2) is 0 Å². The molecule has 2 N–H and O–H groups in total. The highest BCUT2D eigenvalue weighted by Crippen LogP contribution is 2.42. The molecule has 0 spiro atoms. The first-order chi connectivity index (χ1) is 6.85. The lowest BCUT2D eigenvalue weighted by Crippen LogP contribution is -2.41.